The maximum atomic E-state index is 12.1. The van der Waals surface area contributed by atoms with Crippen molar-refractivity contribution in [3.63, 3.8) is 0 Å². The van der Waals surface area contributed by atoms with E-state index in [4.69, 9.17) is 19.6 Å². The van der Waals surface area contributed by atoms with Crippen molar-refractivity contribution < 1.29 is 19.1 Å². The lowest BCUT2D eigenvalue weighted by atomic mass is 9.93. The summed E-state index contributed by atoms with van der Waals surface area (Å²) < 4.78 is 11.1. The molecule has 7 nitrogen and oxygen atoms in total. The summed E-state index contributed by atoms with van der Waals surface area (Å²) in [5.74, 6) is 0.734. The first kappa shape index (κ1) is 19.3. The number of aromatic nitrogens is 2. The summed E-state index contributed by atoms with van der Waals surface area (Å²) in [6.07, 6.45) is 0.773. The Bertz CT molecular complexity index is 811. The highest BCUT2D eigenvalue weighted by molar-refractivity contribution is 5.70. The third kappa shape index (κ3) is 4.76. The lowest BCUT2D eigenvalue weighted by Crippen LogP contribution is -2.26. The van der Waals surface area contributed by atoms with Crippen molar-refractivity contribution in [2.24, 2.45) is 5.41 Å². The quantitative estimate of drug-likeness (QED) is 0.786. The monoisotopic (exact) mass is 357 g/mol. The number of hydrogen-bond acceptors (Lipinski definition) is 6. The molecule has 0 amide bonds. The molecule has 0 aliphatic rings. The van der Waals surface area contributed by atoms with Gasteiger partial charge in [-0.05, 0) is 36.1 Å². The maximum absolute atomic E-state index is 12.1. The van der Waals surface area contributed by atoms with Crippen molar-refractivity contribution in [2.45, 2.75) is 40.5 Å². The van der Waals surface area contributed by atoms with E-state index in [0.29, 0.717) is 29.2 Å². The number of carbonyl (C=O) groups excluding carboxylic acids is 1. The molecule has 1 heterocycles. The molecule has 1 aromatic carbocycles. The van der Waals surface area contributed by atoms with Gasteiger partial charge in [-0.3, -0.25) is 0 Å². The third-order valence-electron chi connectivity index (χ3n) is 3.46. The highest BCUT2D eigenvalue weighted by Crippen LogP contribution is 2.35. The van der Waals surface area contributed by atoms with Gasteiger partial charge in [-0.25, -0.2) is 4.79 Å². The van der Waals surface area contributed by atoms with Crippen molar-refractivity contribution in [3.8, 4) is 23.4 Å². The van der Waals surface area contributed by atoms with Crippen LogP contribution in [-0.2, 0) is 11.2 Å². The van der Waals surface area contributed by atoms with Crippen molar-refractivity contribution in [2.75, 3.05) is 7.11 Å². The van der Waals surface area contributed by atoms with Crippen LogP contribution < -0.4 is 14.3 Å². The molecule has 0 bridgehead atoms. The molecule has 2 rings (SSSR count). The van der Waals surface area contributed by atoms with E-state index in [1.807, 2.05) is 27.7 Å². The third-order valence-corrected chi connectivity index (χ3v) is 3.46. The number of ether oxygens (including phenoxy) is 2. The molecule has 0 fully saturated rings. The van der Waals surface area contributed by atoms with Crippen LogP contribution in [0.1, 0.15) is 45.4 Å². The topological polar surface area (TPSA) is 86.4 Å². The van der Waals surface area contributed by atoms with Crippen LogP contribution in [0.4, 0.5) is 0 Å². The molecule has 0 unspecified atom stereocenters. The van der Waals surface area contributed by atoms with Gasteiger partial charge >= 0.3 is 5.97 Å². The van der Waals surface area contributed by atoms with E-state index in [1.54, 1.807) is 24.3 Å². The minimum atomic E-state index is -0.387. The van der Waals surface area contributed by atoms with Crippen LogP contribution in [0.5, 0.6) is 17.4 Å². The van der Waals surface area contributed by atoms with Crippen molar-refractivity contribution in [1.82, 2.24) is 9.94 Å². The number of nitrogens with zero attached hydrogens (tertiary/aromatic N) is 3. The lowest BCUT2D eigenvalue weighted by molar-refractivity contribution is -0.148. The zero-order valence-corrected chi connectivity index (χ0v) is 15.7. The Labute approximate surface area is 153 Å². The predicted molar refractivity (Wildman–Crippen MR) is 95.0 cm³/mol. The fourth-order valence-electron chi connectivity index (χ4n) is 2.28. The first-order valence-corrected chi connectivity index (χ1v) is 8.32. The second kappa shape index (κ2) is 7.91. The van der Waals surface area contributed by atoms with Crippen LogP contribution in [0.3, 0.4) is 0 Å². The van der Waals surface area contributed by atoms with E-state index < -0.39 is 0 Å². The molecule has 138 valence electrons. The van der Waals surface area contributed by atoms with Crippen LogP contribution >= 0.6 is 0 Å². The summed E-state index contributed by atoms with van der Waals surface area (Å²) in [5, 5.41) is 13.1. The van der Waals surface area contributed by atoms with E-state index in [1.165, 1.54) is 7.11 Å². The first-order chi connectivity index (χ1) is 12.3. The van der Waals surface area contributed by atoms with E-state index in [2.05, 4.69) is 11.2 Å². The molecule has 0 aliphatic carbocycles. The van der Waals surface area contributed by atoms with Crippen LogP contribution in [0, 0.1) is 16.7 Å². The average Bonchev–Trinajstić information content (AvgIpc) is 2.90. The summed E-state index contributed by atoms with van der Waals surface area (Å²) in [6.45, 7) is 7.77. The standard InChI is InChI=1S/C19H23N3O4/c1-6-15-17(25-14-9-7-13(12-20)8-10-14)18(24-5)21-22(15)26-16(23)11-19(2,3)4/h7-10H,6,11H2,1-5H3. The summed E-state index contributed by atoms with van der Waals surface area (Å²) in [4.78, 5) is 18.7. The van der Waals surface area contributed by atoms with Crippen LogP contribution in [0.15, 0.2) is 24.3 Å². The van der Waals surface area contributed by atoms with Gasteiger partial charge in [0.2, 0.25) is 5.75 Å². The molecule has 0 spiro atoms. The van der Waals surface area contributed by atoms with Crippen LogP contribution in [0.25, 0.3) is 0 Å². The number of rotatable bonds is 6. The van der Waals surface area contributed by atoms with Gasteiger partial charge in [-0.2, -0.15) is 5.26 Å². The van der Waals surface area contributed by atoms with Crippen molar-refractivity contribution in [1.29, 1.82) is 5.26 Å². The zero-order chi connectivity index (χ0) is 19.3. The highest BCUT2D eigenvalue weighted by atomic mass is 16.7. The Morgan fingerprint density at radius 1 is 1.27 bits per heavy atom. The summed E-state index contributed by atoms with van der Waals surface area (Å²) in [5.41, 5.74) is 0.919. The van der Waals surface area contributed by atoms with Gasteiger partial charge in [0, 0.05) is 0 Å². The smallest absolute Gasteiger partial charge is 0.335 e. The van der Waals surface area contributed by atoms with Gasteiger partial charge in [0.05, 0.1) is 25.2 Å². The molecule has 26 heavy (non-hydrogen) atoms. The molecule has 0 saturated heterocycles. The Kier molecular flexibility index (Phi) is 5.88. The normalized spacial score (nSPS) is 10.9. The largest absolute Gasteiger partial charge is 0.477 e. The van der Waals surface area contributed by atoms with Crippen LogP contribution in [-0.4, -0.2) is 23.0 Å². The lowest BCUT2D eigenvalue weighted by Gasteiger charge is -2.16. The minimum Gasteiger partial charge on any atom is -0.477 e. The highest BCUT2D eigenvalue weighted by Gasteiger charge is 2.24. The molecule has 1 aromatic heterocycles. The van der Waals surface area contributed by atoms with Gasteiger partial charge in [0.1, 0.15) is 11.4 Å². The molecule has 0 aliphatic heterocycles. The maximum Gasteiger partial charge on any atom is 0.335 e. The average molecular weight is 357 g/mol. The molecule has 0 N–H and O–H groups in total. The Morgan fingerprint density at radius 2 is 1.92 bits per heavy atom. The van der Waals surface area contributed by atoms with Gasteiger partial charge < -0.3 is 14.3 Å². The number of carbonyl (C=O) groups is 1. The van der Waals surface area contributed by atoms with E-state index in [-0.39, 0.29) is 23.7 Å². The molecular weight excluding hydrogens is 334 g/mol. The molecule has 7 heteroatoms. The molecule has 0 atom stereocenters. The van der Waals surface area contributed by atoms with E-state index in [0.717, 1.165) is 4.85 Å². The Balaban J connectivity index is 2.29. The van der Waals surface area contributed by atoms with Crippen molar-refractivity contribution in [3.05, 3.63) is 35.5 Å². The van der Waals surface area contributed by atoms with Gasteiger partial charge in [-0.15, -0.1) is 0 Å². The number of nitriles is 1. The number of methoxy groups -OCH3 is 1. The first-order valence-electron chi connectivity index (χ1n) is 8.32. The second-order valence-corrected chi connectivity index (χ2v) is 6.95. The second-order valence-electron chi connectivity index (χ2n) is 6.95. The van der Waals surface area contributed by atoms with Crippen molar-refractivity contribution >= 4 is 5.97 Å². The molecule has 0 radical (unpaired) electrons. The van der Waals surface area contributed by atoms with Gasteiger partial charge in [0.25, 0.3) is 5.88 Å². The zero-order valence-electron chi connectivity index (χ0n) is 15.7. The molecule has 0 saturated carbocycles. The van der Waals surface area contributed by atoms with Crippen LogP contribution in [0.2, 0.25) is 0 Å². The summed E-state index contributed by atoms with van der Waals surface area (Å²) >= 11 is 0. The Hall–Kier alpha value is -3.01. The van der Waals surface area contributed by atoms with E-state index >= 15 is 0 Å². The minimum absolute atomic E-state index is 0.192. The SMILES string of the molecule is CCc1c(Oc2ccc(C#N)cc2)c(OC)nn1OC(=O)CC(C)(C)C. The summed E-state index contributed by atoms with van der Waals surface area (Å²) in [7, 11) is 1.47. The van der Waals surface area contributed by atoms with Gasteiger partial charge in [0.15, 0.2) is 0 Å². The Morgan fingerprint density at radius 3 is 2.42 bits per heavy atom. The molecule has 2 aromatic rings. The van der Waals surface area contributed by atoms with Gasteiger partial charge in [-0.1, -0.05) is 37.6 Å². The van der Waals surface area contributed by atoms with E-state index in [9.17, 15) is 4.79 Å². The predicted octanol–water partition coefficient (Wildman–Crippen LogP) is 3.51. The molecular formula is C19H23N3O4. The number of benzene rings is 1. The summed E-state index contributed by atoms with van der Waals surface area (Å²) in [6, 6.07) is 8.72. The fraction of sp³-hybridized carbons (Fsp3) is 0.421. The fourth-order valence-corrected chi connectivity index (χ4v) is 2.28. The number of hydrogen-bond donors (Lipinski definition) is 0.